The third kappa shape index (κ3) is 4.72. The number of para-hydroxylation sites is 1. The summed E-state index contributed by atoms with van der Waals surface area (Å²) in [5.74, 6) is -0.299. The van der Waals surface area contributed by atoms with Crippen LogP contribution in [0.25, 0.3) is 5.69 Å². The van der Waals surface area contributed by atoms with Crippen molar-refractivity contribution in [3.05, 3.63) is 78.4 Å². The van der Waals surface area contributed by atoms with Crippen LogP contribution in [0.1, 0.15) is 16.1 Å². The van der Waals surface area contributed by atoms with Gasteiger partial charge in [-0.05, 0) is 29.8 Å². The molecule has 0 bridgehead atoms. The van der Waals surface area contributed by atoms with Crippen LogP contribution in [0.15, 0.2) is 67.1 Å². The van der Waals surface area contributed by atoms with Crippen molar-refractivity contribution in [2.75, 3.05) is 13.7 Å². The summed E-state index contributed by atoms with van der Waals surface area (Å²) in [5.41, 5.74) is 1.92. The lowest BCUT2D eigenvalue weighted by Gasteiger charge is -2.09. The number of nitrogens with zero attached hydrogens (tertiary/aromatic N) is 2. The van der Waals surface area contributed by atoms with E-state index in [-0.39, 0.29) is 12.3 Å². The third-order valence-corrected chi connectivity index (χ3v) is 3.84. The summed E-state index contributed by atoms with van der Waals surface area (Å²) in [6.45, 7) is -0.0572. The van der Waals surface area contributed by atoms with E-state index >= 15 is 0 Å². The van der Waals surface area contributed by atoms with Crippen molar-refractivity contribution in [1.82, 2.24) is 14.9 Å². The number of hydrogen-bond acceptors (Lipinski definition) is 5. The fraction of sp³-hybridized carbons (Fsp3) is 0.150. The summed E-state index contributed by atoms with van der Waals surface area (Å²) < 4.78 is 11.9. The molecule has 1 aromatic heterocycles. The first kappa shape index (κ1) is 18.2. The fourth-order valence-electron chi connectivity index (χ4n) is 2.48. The molecule has 138 valence electrons. The van der Waals surface area contributed by atoms with E-state index in [1.165, 1.54) is 12.5 Å². The van der Waals surface area contributed by atoms with E-state index in [1.54, 1.807) is 11.7 Å². The van der Waals surface area contributed by atoms with E-state index in [2.05, 4.69) is 10.3 Å². The predicted molar refractivity (Wildman–Crippen MR) is 98.7 cm³/mol. The molecule has 3 aromatic rings. The normalized spacial score (nSPS) is 10.3. The second-order valence-electron chi connectivity index (χ2n) is 5.69. The quantitative estimate of drug-likeness (QED) is 0.650. The van der Waals surface area contributed by atoms with Crippen molar-refractivity contribution in [3.63, 3.8) is 0 Å². The molecule has 0 fully saturated rings. The molecule has 0 saturated heterocycles. The molecule has 3 rings (SSSR count). The number of benzene rings is 2. The Balaban J connectivity index is 1.53. The van der Waals surface area contributed by atoms with Crippen molar-refractivity contribution in [2.24, 2.45) is 0 Å². The van der Waals surface area contributed by atoms with E-state index in [1.807, 2.05) is 54.6 Å². The van der Waals surface area contributed by atoms with Crippen LogP contribution in [-0.2, 0) is 16.1 Å². The minimum Gasteiger partial charge on any atom is -0.497 e. The van der Waals surface area contributed by atoms with Gasteiger partial charge >= 0.3 is 5.97 Å². The molecule has 0 aliphatic rings. The van der Waals surface area contributed by atoms with Gasteiger partial charge in [-0.3, -0.25) is 9.36 Å². The standard InChI is InChI=1S/C20H19N3O4/c1-26-17-9-5-6-15(10-17)11-22-19(24)13-27-20(25)18-12-21-14-23(18)16-7-3-2-4-8-16/h2-10,12,14H,11,13H2,1H3,(H,22,24). The SMILES string of the molecule is COc1cccc(CNC(=O)COC(=O)c2cncn2-c2ccccc2)c1. The maximum Gasteiger partial charge on any atom is 0.357 e. The van der Waals surface area contributed by atoms with Crippen LogP contribution >= 0.6 is 0 Å². The highest BCUT2D eigenvalue weighted by Crippen LogP contribution is 2.13. The van der Waals surface area contributed by atoms with Gasteiger partial charge < -0.3 is 14.8 Å². The van der Waals surface area contributed by atoms with Crippen molar-refractivity contribution in [2.45, 2.75) is 6.54 Å². The number of aromatic nitrogens is 2. The van der Waals surface area contributed by atoms with Crippen molar-refractivity contribution < 1.29 is 19.1 Å². The Morgan fingerprint density at radius 3 is 2.70 bits per heavy atom. The molecule has 7 heteroatoms. The molecule has 1 N–H and O–H groups in total. The number of carbonyl (C=O) groups is 2. The molecular formula is C20H19N3O4. The molecule has 1 heterocycles. The summed E-state index contributed by atoms with van der Waals surface area (Å²) in [6, 6.07) is 16.6. The highest BCUT2D eigenvalue weighted by atomic mass is 16.5. The third-order valence-electron chi connectivity index (χ3n) is 3.84. The number of hydrogen-bond donors (Lipinski definition) is 1. The summed E-state index contributed by atoms with van der Waals surface area (Å²) in [4.78, 5) is 28.2. The number of methoxy groups -OCH3 is 1. The first-order valence-electron chi connectivity index (χ1n) is 8.32. The zero-order chi connectivity index (χ0) is 19.1. The lowest BCUT2D eigenvalue weighted by atomic mass is 10.2. The molecule has 1 amide bonds. The number of amides is 1. The van der Waals surface area contributed by atoms with Gasteiger partial charge in [0.15, 0.2) is 12.3 Å². The molecule has 2 aromatic carbocycles. The maximum atomic E-state index is 12.3. The van der Waals surface area contributed by atoms with E-state index < -0.39 is 11.9 Å². The number of esters is 1. The van der Waals surface area contributed by atoms with E-state index in [0.717, 1.165) is 11.3 Å². The van der Waals surface area contributed by atoms with Crippen molar-refractivity contribution in [1.29, 1.82) is 0 Å². The second kappa shape index (κ2) is 8.66. The van der Waals surface area contributed by atoms with Crippen LogP contribution in [0, 0.1) is 0 Å². The molecule has 0 aliphatic heterocycles. The Morgan fingerprint density at radius 1 is 1.11 bits per heavy atom. The average Bonchev–Trinajstić information content (AvgIpc) is 3.21. The van der Waals surface area contributed by atoms with Crippen molar-refractivity contribution >= 4 is 11.9 Å². The topological polar surface area (TPSA) is 82.4 Å². The Bertz CT molecular complexity index is 922. The first-order valence-corrected chi connectivity index (χ1v) is 8.32. The average molecular weight is 365 g/mol. The second-order valence-corrected chi connectivity index (χ2v) is 5.69. The van der Waals surface area contributed by atoms with Gasteiger partial charge in [0.2, 0.25) is 0 Å². The van der Waals surface area contributed by atoms with E-state index in [0.29, 0.717) is 12.3 Å². The molecule has 0 radical (unpaired) electrons. The van der Waals surface area contributed by atoms with Crippen LogP contribution < -0.4 is 10.1 Å². The molecule has 0 saturated carbocycles. The van der Waals surface area contributed by atoms with Crippen LogP contribution in [0.5, 0.6) is 5.75 Å². The maximum absolute atomic E-state index is 12.3. The summed E-state index contributed by atoms with van der Waals surface area (Å²) in [7, 11) is 1.58. The summed E-state index contributed by atoms with van der Waals surface area (Å²) in [5, 5.41) is 2.70. The number of imidazole rings is 1. The smallest absolute Gasteiger partial charge is 0.357 e. The highest BCUT2D eigenvalue weighted by molar-refractivity contribution is 5.90. The van der Waals surface area contributed by atoms with E-state index in [9.17, 15) is 9.59 Å². The van der Waals surface area contributed by atoms with Gasteiger partial charge in [-0.25, -0.2) is 9.78 Å². The fourth-order valence-corrected chi connectivity index (χ4v) is 2.48. The van der Waals surface area contributed by atoms with Gasteiger partial charge in [0.1, 0.15) is 5.75 Å². The molecule has 0 atom stereocenters. The van der Waals surface area contributed by atoms with Crippen LogP contribution in [0.4, 0.5) is 0 Å². The monoisotopic (exact) mass is 365 g/mol. The lowest BCUT2D eigenvalue weighted by Crippen LogP contribution is -2.28. The molecule has 0 aliphatic carbocycles. The van der Waals surface area contributed by atoms with Crippen LogP contribution in [0.2, 0.25) is 0 Å². The zero-order valence-corrected chi connectivity index (χ0v) is 14.8. The van der Waals surface area contributed by atoms with Gasteiger partial charge in [-0.15, -0.1) is 0 Å². The molecule has 7 nitrogen and oxygen atoms in total. The molecule has 27 heavy (non-hydrogen) atoms. The van der Waals surface area contributed by atoms with Crippen molar-refractivity contribution in [3.8, 4) is 11.4 Å². The number of carbonyl (C=O) groups excluding carboxylic acids is 2. The van der Waals surface area contributed by atoms with Gasteiger partial charge in [0, 0.05) is 12.2 Å². The molecule has 0 spiro atoms. The zero-order valence-electron chi connectivity index (χ0n) is 14.8. The largest absolute Gasteiger partial charge is 0.497 e. The Labute approximate surface area is 156 Å². The minimum absolute atomic E-state index is 0.252. The number of ether oxygens (including phenoxy) is 2. The lowest BCUT2D eigenvalue weighted by molar-refractivity contribution is -0.124. The number of nitrogens with one attached hydrogen (secondary N) is 1. The van der Waals surface area contributed by atoms with Crippen LogP contribution in [0.3, 0.4) is 0 Å². The Morgan fingerprint density at radius 2 is 1.93 bits per heavy atom. The predicted octanol–water partition coefficient (Wildman–Crippen LogP) is 2.35. The van der Waals surface area contributed by atoms with Gasteiger partial charge in [-0.2, -0.15) is 0 Å². The Kier molecular flexibility index (Phi) is 5.84. The molecule has 0 unspecified atom stereocenters. The highest BCUT2D eigenvalue weighted by Gasteiger charge is 2.16. The summed E-state index contributed by atoms with van der Waals surface area (Å²) in [6.07, 6.45) is 2.93. The summed E-state index contributed by atoms with van der Waals surface area (Å²) >= 11 is 0. The first-order chi connectivity index (χ1) is 13.2. The van der Waals surface area contributed by atoms with Gasteiger partial charge in [0.25, 0.3) is 5.91 Å². The minimum atomic E-state index is -0.618. The number of rotatable bonds is 7. The van der Waals surface area contributed by atoms with E-state index in [4.69, 9.17) is 9.47 Å². The van der Waals surface area contributed by atoms with Gasteiger partial charge in [-0.1, -0.05) is 30.3 Å². The Hall–Kier alpha value is -3.61. The van der Waals surface area contributed by atoms with Gasteiger partial charge in [0.05, 0.1) is 19.6 Å². The van der Waals surface area contributed by atoms with Crippen LogP contribution in [-0.4, -0.2) is 35.1 Å². The molecular weight excluding hydrogens is 346 g/mol.